The van der Waals surface area contributed by atoms with Gasteiger partial charge in [0.25, 0.3) is 5.91 Å². The zero-order valence-corrected chi connectivity index (χ0v) is 15.0. The number of hydrogen-bond donors (Lipinski definition) is 1. The van der Waals surface area contributed by atoms with Crippen molar-refractivity contribution in [2.45, 2.75) is 39.8 Å². The van der Waals surface area contributed by atoms with E-state index in [9.17, 15) is 4.79 Å². The highest BCUT2D eigenvalue weighted by molar-refractivity contribution is 6.05. The number of carbonyl (C=O) groups is 1. The maximum Gasteiger partial charge on any atom is 0.260 e. The van der Waals surface area contributed by atoms with Gasteiger partial charge in [-0.3, -0.25) is 9.48 Å². The molecule has 0 aliphatic heterocycles. The van der Waals surface area contributed by atoms with Crippen molar-refractivity contribution in [3.05, 3.63) is 54.5 Å². The van der Waals surface area contributed by atoms with E-state index in [4.69, 9.17) is 0 Å². The van der Waals surface area contributed by atoms with E-state index in [2.05, 4.69) is 36.3 Å². The largest absolute Gasteiger partial charge is 0.306 e. The topological polar surface area (TPSA) is 64.7 Å². The fourth-order valence-electron chi connectivity index (χ4n) is 2.64. The highest BCUT2D eigenvalue weighted by atomic mass is 16.1. The molecule has 0 unspecified atom stereocenters. The van der Waals surface area contributed by atoms with E-state index in [0.717, 1.165) is 17.7 Å². The molecule has 0 saturated heterocycles. The molecule has 0 aliphatic rings. The van der Waals surface area contributed by atoms with E-state index in [1.807, 2.05) is 41.9 Å². The zero-order chi connectivity index (χ0) is 18.0. The fraction of sp³-hybridized carbons (Fsp3) is 0.316. The predicted octanol–water partition coefficient (Wildman–Crippen LogP) is 3.77. The minimum atomic E-state index is -0.261. The molecule has 0 atom stereocenters. The van der Waals surface area contributed by atoms with Gasteiger partial charge >= 0.3 is 0 Å². The lowest BCUT2D eigenvalue weighted by Crippen LogP contribution is -2.26. The Morgan fingerprint density at radius 3 is 2.44 bits per heavy atom. The molecule has 0 fully saturated rings. The Balaban J connectivity index is 2.01. The summed E-state index contributed by atoms with van der Waals surface area (Å²) in [5.41, 5.74) is 2.18. The van der Waals surface area contributed by atoms with Crippen molar-refractivity contribution in [3.8, 4) is 11.1 Å². The van der Waals surface area contributed by atoms with Gasteiger partial charge in [0.1, 0.15) is 5.82 Å². The van der Waals surface area contributed by atoms with Crippen LogP contribution in [0.5, 0.6) is 0 Å². The van der Waals surface area contributed by atoms with Gasteiger partial charge in [0.2, 0.25) is 0 Å². The minimum absolute atomic E-state index is 0.192. The van der Waals surface area contributed by atoms with Gasteiger partial charge in [-0.1, -0.05) is 30.3 Å². The number of aryl methyl sites for hydroxylation is 1. The Morgan fingerprint density at radius 1 is 1.12 bits per heavy atom. The van der Waals surface area contributed by atoms with Crippen LogP contribution in [0.2, 0.25) is 0 Å². The van der Waals surface area contributed by atoms with Crippen molar-refractivity contribution in [1.29, 1.82) is 0 Å². The summed E-state index contributed by atoms with van der Waals surface area (Å²) in [6, 6.07) is 9.93. The highest BCUT2D eigenvalue weighted by Gasteiger charge is 2.23. The minimum Gasteiger partial charge on any atom is -0.306 e. The number of amides is 1. The number of nitrogens with zero attached hydrogens (tertiary/aromatic N) is 4. The van der Waals surface area contributed by atoms with Gasteiger partial charge in [-0.05, 0) is 33.3 Å². The van der Waals surface area contributed by atoms with Gasteiger partial charge in [-0.2, -0.15) is 10.2 Å². The van der Waals surface area contributed by atoms with Gasteiger partial charge in [-0.15, -0.1) is 0 Å². The summed E-state index contributed by atoms with van der Waals surface area (Å²) < 4.78 is 3.57. The Hall–Kier alpha value is -2.89. The van der Waals surface area contributed by atoms with Crippen molar-refractivity contribution < 1.29 is 4.79 Å². The van der Waals surface area contributed by atoms with Crippen LogP contribution in [0.4, 0.5) is 5.82 Å². The molecule has 6 heteroatoms. The lowest BCUT2D eigenvalue weighted by molar-refractivity contribution is 0.102. The van der Waals surface area contributed by atoms with Crippen LogP contribution in [-0.2, 0) is 12.1 Å². The molecule has 0 saturated carbocycles. The van der Waals surface area contributed by atoms with Crippen molar-refractivity contribution in [2.24, 2.45) is 0 Å². The number of anilines is 1. The molecule has 1 amide bonds. The smallest absolute Gasteiger partial charge is 0.260 e. The van der Waals surface area contributed by atoms with Crippen LogP contribution >= 0.6 is 0 Å². The maximum absolute atomic E-state index is 12.7. The number of rotatable bonds is 4. The van der Waals surface area contributed by atoms with Gasteiger partial charge in [-0.25, -0.2) is 4.68 Å². The Kier molecular flexibility index (Phi) is 4.44. The van der Waals surface area contributed by atoms with E-state index >= 15 is 0 Å². The molecule has 2 aromatic heterocycles. The lowest BCUT2D eigenvalue weighted by atomic mass is 10.1. The van der Waals surface area contributed by atoms with Gasteiger partial charge in [0.15, 0.2) is 0 Å². The Labute approximate surface area is 147 Å². The second-order valence-corrected chi connectivity index (χ2v) is 6.89. The third-order valence-corrected chi connectivity index (χ3v) is 3.94. The molecular formula is C19H23N5O. The van der Waals surface area contributed by atoms with Crippen molar-refractivity contribution >= 4 is 11.7 Å². The molecule has 25 heavy (non-hydrogen) atoms. The van der Waals surface area contributed by atoms with Gasteiger partial charge < -0.3 is 5.32 Å². The first kappa shape index (κ1) is 17.0. The molecule has 0 radical (unpaired) electrons. The normalized spacial score (nSPS) is 11.5. The summed E-state index contributed by atoms with van der Waals surface area (Å²) in [6.07, 6.45) is 5.12. The average molecular weight is 337 g/mol. The summed E-state index contributed by atoms with van der Waals surface area (Å²) in [6.45, 7) is 8.87. The maximum atomic E-state index is 12.7. The van der Waals surface area contributed by atoms with Crippen LogP contribution < -0.4 is 5.32 Å². The van der Waals surface area contributed by atoms with Crippen LogP contribution in [0, 0.1) is 0 Å². The summed E-state index contributed by atoms with van der Waals surface area (Å²) >= 11 is 0. The molecule has 0 aliphatic carbocycles. The number of nitrogens with one attached hydrogen (secondary N) is 1. The number of aromatic nitrogens is 4. The number of benzene rings is 1. The highest BCUT2D eigenvalue weighted by Crippen LogP contribution is 2.31. The van der Waals surface area contributed by atoms with Crippen LogP contribution in [0.3, 0.4) is 0 Å². The van der Waals surface area contributed by atoms with Crippen molar-refractivity contribution in [2.75, 3.05) is 5.32 Å². The zero-order valence-electron chi connectivity index (χ0n) is 15.0. The molecule has 130 valence electrons. The first-order valence-corrected chi connectivity index (χ1v) is 8.38. The molecule has 0 spiro atoms. The third-order valence-electron chi connectivity index (χ3n) is 3.94. The monoisotopic (exact) mass is 337 g/mol. The number of carbonyl (C=O) groups excluding carboxylic acids is 1. The second-order valence-electron chi connectivity index (χ2n) is 6.89. The molecule has 3 aromatic rings. The molecule has 0 bridgehead atoms. The van der Waals surface area contributed by atoms with Crippen LogP contribution in [0.25, 0.3) is 11.1 Å². The number of hydrogen-bond acceptors (Lipinski definition) is 3. The Bertz CT molecular complexity index is 871. The predicted molar refractivity (Wildman–Crippen MR) is 98.5 cm³/mol. The molecule has 2 heterocycles. The van der Waals surface area contributed by atoms with Gasteiger partial charge in [0.05, 0.1) is 23.5 Å². The van der Waals surface area contributed by atoms with Crippen LogP contribution in [0.15, 0.2) is 48.9 Å². The first-order valence-electron chi connectivity index (χ1n) is 8.38. The standard InChI is InChI=1S/C19H23N5O/c1-5-23-13-15(11-20-23)18(25)22-17-16(14-9-7-6-8-10-14)12-21-24(17)19(2,3)4/h6-13H,5H2,1-4H3,(H,22,25). The van der Waals surface area contributed by atoms with Crippen molar-refractivity contribution in [3.63, 3.8) is 0 Å². The van der Waals surface area contributed by atoms with Crippen LogP contribution in [-0.4, -0.2) is 25.5 Å². The molecule has 1 N–H and O–H groups in total. The lowest BCUT2D eigenvalue weighted by Gasteiger charge is -2.23. The molecule has 1 aromatic carbocycles. The van der Waals surface area contributed by atoms with E-state index in [1.54, 1.807) is 23.3 Å². The summed E-state index contributed by atoms with van der Waals surface area (Å²) in [5, 5.41) is 11.7. The van der Waals surface area contributed by atoms with E-state index < -0.39 is 0 Å². The summed E-state index contributed by atoms with van der Waals surface area (Å²) in [7, 11) is 0. The van der Waals surface area contributed by atoms with Crippen LogP contribution in [0.1, 0.15) is 38.1 Å². The van der Waals surface area contributed by atoms with E-state index in [1.165, 1.54) is 0 Å². The Morgan fingerprint density at radius 2 is 1.84 bits per heavy atom. The van der Waals surface area contributed by atoms with E-state index in [-0.39, 0.29) is 11.4 Å². The fourth-order valence-corrected chi connectivity index (χ4v) is 2.64. The quantitative estimate of drug-likeness (QED) is 0.788. The van der Waals surface area contributed by atoms with Crippen molar-refractivity contribution in [1.82, 2.24) is 19.6 Å². The first-order chi connectivity index (χ1) is 11.9. The van der Waals surface area contributed by atoms with Gasteiger partial charge in [0, 0.05) is 18.3 Å². The molecule has 6 nitrogen and oxygen atoms in total. The average Bonchev–Trinajstić information content (AvgIpc) is 3.22. The molecular weight excluding hydrogens is 314 g/mol. The second kappa shape index (κ2) is 6.55. The molecule has 3 rings (SSSR count). The van der Waals surface area contributed by atoms with E-state index in [0.29, 0.717) is 11.4 Å². The third kappa shape index (κ3) is 3.47. The SMILES string of the molecule is CCn1cc(C(=O)Nc2c(-c3ccccc3)cnn2C(C)(C)C)cn1. The summed E-state index contributed by atoms with van der Waals surface area (Å²) in [5.74, 6) is 0.496. The summed E-state index contributed by atoms with van der Waals surface area (Å²) in [4.78, 5) is 12.7.